The van der Waals surface area contributed by atoms with E-state index in [0.29, 0.717) is 13.1 Å². The van der Waals surface area contributed by atoms with E-state index in [2.05, 4.69) is 22.3 Å². The number of carbonyl (C=O) groups is 1. The molecule has 1 atom stereocenters. The van der Waals surface area contributed by atoms with Gasteiger partial charge in [0.1, 0.15) is 6.04 Å². The molecule has 98 valence electrons. The van der Waals surface area contributed by atoms with E-state index in [9.17, 15) is 4.79 Å². The molecule has 1 fully saturated rings. The van der Waals surface area contributed by atoms with Crippen LogP contribution in [-0.2, 0) is 11.3 Å². The minimum Gasteiger partial charge on any atom is -0.336 e. The summed E-state index contributed by atoms with van der Waals surface area (Å²) in [6, 6.07) is 10.1. The Morgan fingerprint density at radius 1 is 1.28 bits per heavy atom. The molecular weight excluding hydrogens is 226 g/mol. The van der Waals surface area contributed by atoms with Gasteiger partial charge >= 0.3 is 0 Å². The first-order chi connectivity index (χ1) is 8.72. The third-order valence-corrected chi connectivity index (χ3v) is 3.47. The van der Waals surface area contributed by atoms with Crippen molar-refractivity contribution < 1.29 is 4.79 Å². The molecule has 0 aliphatic carbocycles. The van der Waals surface area contributed by atoms with Crippen LogP contribution in [0.15, 0.2) is 30.3 Å². The molecule has 2 rings (SSSR count). The van der Waals surface area contributed by atoms with Gasteiger partial charge in [0.25, 0.3) is 0 Å². The van der Waals surface area contributed by atoms with Crippen LogP contribution in [0.1, 0.15) is 5.56 Å². The molecule has 1 N–H and O–H groups in total. The highest BCUT2D eigenvalue weighted by Gasteiger charge is 2.31. The molecule has 1 aliphatic heterocycles. The lowest BCUT2D eigenvalue weighted by atomic mass is 10.1. The molecule has 1 heterocycles. The largest absolute Gasteiger partial charge is 0.336 e. The standard InChI is InChI=1S/C14H21N3O/c1-15-10-13-14(18)17(9-8-16(13)2)11-12-6-4-3-5-7-12/h3-7,13,15H,8-11H2,1-2H3. The smallest absolute Gasteiger partial charge is 0.241 e. The summed E-state index contributed by atoms with van der Waals surface area (Å²) in [4.78, 5) is 16.5. The molecule has 4 heteroatoms. The first kappa shape index (κ1) is 13.1. The molecule has 1 aromatic carbocycles. The van der Waals surface area contributed by atoms with Crippen molar-refractivity contribution >= 4 is 5.91 Å². The summed E-state index contributed by atoms with van der Waals surface area (Å²) in [5, 5.41) is 3.09. The maximum atomic E-state index is 12.4. The summed E-state index contributed by atoms with van der Waals surface area (Å²) in [5.41, 5.74) is 1.19. The summed E-state index contributed by atoms with van der Waals surface area (Å²) >= 11 is 0. The molecule has 0 radical (unpaired) electrons. The maximum Gasteiger partial charge on any atom is 0.241 e. The molecule has 18 heavy (non-hydrogen) atoms. The van der Waals surface area contributed by atoms with Crippen molar-refractivity contribution in [2.24, 2.45) is 0 Å². The monoisotopic (exact) mass is 247 g/mol. The van der Waals surface area contributed by atoms with E-state index in [1.807, 2.05) is 37.2 Å². The summed E-state index contributed by atoms with van der Waals surface area (Å²) in [7, 11) is 3.90. The van der Waals surface area contributed by atoms with Gasteiger partial charge < -0.3 is 10.2 Å². The minimum absolute atomic E-state index is 0.0348. The van der Waals surface area contributed by atoms with E-state index in [1.54, 1.807) is 0 Å². The van der Waals surface area contributed by atoms with E-state index in [1.165, 1.54) is 5.56 Å². The van der Waals surface area contributed by atoms with E-state index >= 15 is 0 Å². The van der Waals surface area contributed by atoms with Gasteiger partial charge in [0.05, 0.1) is 0 Å². The second-order valence-corrected chi connectivity index (χ2v) is 4.80. The lowest BCUT2D eigenvalue weighted by molar-refractivity contribution is -0.141. The summed E-state index contributed by atoms with van der Waals surface area (Å²) < 4.78 is 0. The van der Waals surface area contributed by atoms with Gasteiger partial charge in [-0.1, -0.05) is 30.3 Å². The number of amides is 1. The predicted molar refractivity (Wildman–Crippen MR) is 72.2 cm³/mol. The third kappa shape index (κ3) is 2.89. The number of nitrogens with one attached hydrogen (secondary N) is 1. The Hall–Kier alpha value is -1.39. The van der Waals surface area contributed by atoms with Gasteiger partial charge in [0.2, 0.25) is 5.91 Å². The van der Waals surface area contributed by atoms with Crippen LogP contribution >= 0.6 is 0 Å². The van der Waals surface area contributed by atoms with Gasteiger partial charge in [0, 0.05) is 26.2 Å². The Bertz CT molecular complexity index is 393. The fraction of sp³-hybridized carbons (Fsp3) is 0.500. The second-order valence-electron chi connectivity index (χ2n) is 4.80. The Morgan fingerprint density at radius 2 is 2.00 bits per heavy atom. The second kappa shape index (κ2) is 5.98. The van der Waals surface area contributed by atoms with E-state index in [0.717, 1.165) is 13.1 Å². The fourth-order valence-corrected chi connectivity index (χ4v) is 2.34. The number of piperazine rings is 1. The van der Waals surface area contributed by atoms with E-state index in [4.69, 9.17) is 0 Å². The number of benzene rings is 1. The van der Waals surface area contributed by atoms with Crippen molar-refractivity contribution in [3.05, 3.63) is 35.9 Å². The van der Waals surface area contributed by atoms with Gasteiger partial charge in [0.15, 0.2) is 0 Å². The Labute approximate surface area is 109 Å². The van der Waals surface area contributed by atoms with Crippen molar-refractivity contribution in [2.75, 3.05) is 33.7 Å². The van der Waals surface area contributed by atoms with Crippen molar-refractivity contribution in [1.29, 1.82) is 0 Å². The number of hydrogen-bond acceptors (Lipinski definition) is 3. The van der Waals surface area contributed by atoms with Crippen LogP contribution < -0.4 is 5.32 Å². The molecule has 1 aromatic rings. The molecule has 0 spiro atoms. The molecule has 1 aliphatic rings. The Morgan fingerprint density at radius 3 is 2.67 bits per heavy atom. The number of carbonyl (C=O) groups excluding carboxylic acids is 1. The van der Waals surface area contributed by atoms with Gasteiger partial charge in [-0.15, -0.1) is 0 Å². The average Bonchev–Trinajstić information content (AvgIpc) is 2.39. The van der Waals surface area contributed by atoms with Gasteiger partial charge in [-0.05, 0) is 19.7 Å². The SMILES string of the molecule is CNCC1C(=O)N(Cc2ccccc2)CCN1C. The lowest BCUT2D eigenvalue weighted by Gasteiger charge is -2.38. The van der Waals surface area contributed by atoms with Crippen molar-refractivity contribution in [3.8, 4) is 0 Å². The highest BCUT2D eigenvalue weighted by molar-refractivity contribution is 5.82. The van der Waals surface area contributed by atoms with Crippen molar-refractivity contribution in [2.45, 2.75) is 12.6 Å². The zero-order valence-corrected chi connectivity index (χ0v) is 11.1. The molecule has 1 unspecified atom stereocenters. The van der Waals surface area contributed by atoms with Crippen LogP contribution in [0.25, 0.3) is 0 Å². The van der Waals surface area contributed by atoms with Gasteiger partial charge in [-0.3, -0.25) is 9.69 Å². The van der Waals surface area contributed by atoms with Crippen molar-refractivity contribution in [3.63, 3.8) is 0 Å². The molecular formula is C14H21N3O. The van der Waals surface area contributed by atoms with Crippen molar-refractivity contribution in [1.82, 2.24) is 15.1 Å². The van der Waals surface area contributed by atoms with Gasteiger partial charge in [-0.2, -0.15) is 0 Å². The van der Waals surface area contributed by atoms with E-state index < -0.39 is 0 Å². The first-order valence-corrected chi connectivity index (χ1v) is 6.40. The number of likely N-dealkylation sites (N-methyl/N-ethyl adjacent to an activating group) is 2. The molecule has 0 bridgehead atoms. The Kier molecular flexibility index (Phi) is 4.33. The number of hydrogen-bond donors (Lipinski definition) is 1. The van der Waals surface area contributed by atoms with Crippen LogP contribution in [0.3, 0.4) is 0 Å². The molecule has 4 nitrogen and oxygen atoms in total. The first-order valence-electron chi connectivity index (χ1n) is 6.40. The van der Waals surface area contributed by atoms with Crippen LogP contribution in [0.4, 0.5) is 0 Å². The number of nitrogens with zero attached hydrogens (tertiary/aromatic N) is 2. The summed E-state index contributed by atoms with van der Waals surface area (Å²) in [5.74, 6) is 0.224. The topological polar surface area (TPSA) is 35.6 Å². The highest BCUT2D eigenvalue weighted by atomic mass is 16.2. The van der Waals surface area contributed by atoms with Gasteiger partial charge in [-0.25, -0.2) is 0 Å². The van der Waals surface area contributed by atoms with Crippen LogP contribution in [0.2, 0.25) is 0 Å². The molecule has 1 saturated heterocycles. The minimum atomic E-state index is -0.0348. The van der Waals surface area contributed by atoms with Crippen LogP contribution in [-0.4, -0.2) is 55.5 Å². The van der Waals surface area contributed by atoms with Crippen LogP contribution in [0.5, 0.6) is 0 Å². The van der Waals surface area contributed by atoms with E-state index in [-0.39, 0.29) is 11.9 Å². The normalized spacial score (nSPS) is 21.3. The average molecular weight is 247 g/mol. The molecule has 1 amide bonds. The quantitative estimate of drug-likeness (QED) is 0.844. The third-order valence-electron chi connectivity index (χ3n) is 3.47. The fourth-order valence-electron chi connectivity index (χ4n) is 2.34. The maximum absolute atomic E-state index is 12.4. The predicted octanol–water partition coefficient (Wildman–Crippen LogP) is 0.549. The number of rotatable bonds is 4. The van der Waals surface area contributed by atoms with Crippen LogP contribution in [0, 0.1) is 0 Å². The summed E-state index contributed by atoms with van der Waals surface area (Å²) in [6.07, 6.45) is 0. The highest BCUT2D eigenvalue weighted by Crippen LogP contribution is 2.13. The molecule has 0 aromatic heterocycles. The zero-order valence-electron chi connectivity index (χ0n) is 11.1. The summed E-state index contributed by atoms with van der Waals surface area (Å²) in [6.45, 7) is 3.17. The molecule has 0 saturated carbocycles. The lowest BCUT2D eigenvalue weighted by Crippen LogP contribution is -2.58. The zero-order chi connectivity index (χ0) is 13.0. The Balaban J connectivity index is 2.03.